The Labute approximate surface area is 110 Å². The third-order valence-corrected chi connectivity index (χ3v) is 3.40. The van der Waals surface area contributed by atoms with Gasteiger partial charge in [-0.1, -0.05) is 0 Å². The average Bonchev–Trinajstić information content (AvgIpc) is 2.80. The van der Waals surface area contributed by atoms with E-state index in [1.807, 2.05) is 30.7 Å². The van der Waals surface area contributed by atoms with Crippen LogP contribution in [0.5, 0.6) is 5.75 Å². The van der Waals surface area contributed by atoms with Gasteiger partial charge in [0, 0.05) is 0 Å². The lowest BCUT2D eigenvalue weighted by atomic mass is 10.1. The summed E-state index contributed by atoms with van der Waals surface area (Å²) in [6.07, 6.45) is 0. The van der Waals surface area contributed by atoms with Gasteiger partial charge in [0.15, 0.2) is 0 Å². The van der Waals surface area contributed by atoms with E-state index in [0.29, 0.717) is 12.2 Å². The third-order valence-electron chi connectivity index (χ3n) is 2.67. The molecule has 2 aromatic rings. The lowest BCUT2D eigenvalue weighted by Gasteiger charge is -2.12. The van der Waals surface area contributed by atoms with Gasteiger partial charge in [-0.2, -0.15) is 11.3 Å². The Morgan fingerprint density at radius 1 is 1.33 bits per heavy atom. The largest absolute Gasteiger partial charge is 0.488 e. The fourth-order valence-corrected chi connectivity index (χ4v) is 2.49. The Morgan fingerprint density at radius 3 is 2.50 bits per heavy atom. The van der Waals surface area contributed by atoms with Crippen LogP contribution < -0.4 is 4.74 Å². The quantitative estimate of drug-likeness (QED) is 0.915. The number of benzene rings is 1. The second-order valence-corrected chi connectivity index (χ2v) is 4.94. The number of carboxylic acid groups (broad SMARTS) is 1. The van der Waals surface area contributed by atoms with Crippen molar-refractivity contribution < 1.29 is 14.6 Å². The van der Waals surface area contributed by atoms with Gasteiger partial charge in [-0.3, -0.25) is 0 Å². The number of thiophene rings is 1. The van der Waals surface area contributed by atoms with Crippen LogP contribution in [0, 0.1) is 13.8 Å². The number of aryl methyl sites for hydroxylation is 2. The average molecular weight is 262 g/mol. The molecule has 0 unspecified atom stereocenters. The number of rotatable bonds is 4. The number of ether oxygens (including phenoxy) is 1. The molecule has 0 saturated carbocycles. The first-order valence-corrected chi connectivity index (χ1v) is 6.50. The molecular formula is C14H14O3S. The lowest BCUT2D eigenvalue weighted by molar-refractivity contribution is 0.0696. The number of carboxylic acids is 1. The van der Waals surface area contributed by atoms with Crippen molar-refractivity contribution in [3.8, 4) is 5.75 Å². The maximum atomic E-state index is 10.9. The summed E-state index contributed by atoms with van der Waals surface area (Å²) in [6.45, 7) is 4.24. The molecule has 0 aliphatic heterocycles. The molecule has 1 aromatic carbocycles. The van der Waals surface area contributed by atoms with Crippen LogP contribution in [0.1, 0.15) is 27.0 Å². The van der Waals surface area contributed by atoms with Crippen molar-refractivity contribution >= 4 is 17.3 Å². The van der Waals surface area contributed by atoms with Crippen molar-refractivity contribution in [2.45, 2.75) is 20.5 Å². The molecule has 0 atom stereocenters. The van der Waals surface area contributed by atoms with Crippen molar-refractivity contribution in [1.29, 1.82) is 0 Å². The second kappa shape index (κ2) is 5.23. The standard InChI is InChI=1S/C14H14O3S/c1-9-5-12(14(15)16)6-10(2)13(9)17-7-11-3-4-18-8-11/h3-6,8H,7H2,1-2H3,(H,15,16). The lowest BCUT2D eigenvalue weighted by Crippen LogP contribution is -2.02. The summed E-state index contributed by atoms with van der Waals surface area (Å²) in [5.41, 5.74) is 3.12. The van der Waals surface area contributed by atoms with Crippen molar-refractivity contribution in [2.24, 2.45) is 0 Å². The molecule has 1 N–H and O–H groups in total. The Morgan fingerprint density at radius 2 is 2.00 bits per heavy atom. The van der Waals surface area contributed by atoms with E-state index in [0.717, 1.165) is 22.4 Å². The summed E-state index contributed by atoms with van der Waals surface area (Å²) >= 11 is 1.63. The van der Waals surface area contributed by atoms with Gasteiger partial charge in [-0.25, -0.2) is 4.79 Å². The number of aromatic carboxylic acids is 1. The van der Waals surface area contributed by atoms with Crippen LogP contribution >= 0.6 is 11.3 Å². The first-order chi connectivity index (χ1) is 8.58. The van der Waals surface area contributed by atoms with Crippen molar-refractivity contribution in [1.82, 2.24) is 0 Å². The number of carbonyl (C=O) groups is 1. The summed E-state index contributed by atoms with van der Waals surface area (Å²) in [4.78, 5) is 10.9. The highest BCUT2D eigenvalue weighted by atomic mass is 32.1. The van der Waals surface area contributed by atoms with E-state index >= 15 is 0 Å². The maximum absolute atomic E-state index is 10.9. The van der Waals surface area contributed by atoms with Gasteiger partial charge in [0.1, 0.15) is 12.4 Å². The molecule has 0 bridgehead atoms. The highest BCUT2D eigenvalue weighted by molar-refractivity contribution is 7.07. The van der Waals surface area contributed by atoms with E-state index in [1.165, 1.54) is 0 Å². The summed E-state index contributed by atoms with van der Waals surface area (Å²) < 4.78 is 5.76. The van der Waals surface area contributed by atoms with E-state index in [9.17, 15) is 4.79 Å². The van der Waals surface area contributed by atoms with Gasteiger partial charge >= 0.3 is 5.97 Å². The minimum atomic E-state index is -0.911. The molecule has 0 aliphatic rings. The van der Waals surface area contributed by atoms with Gasteiger partial charge in [0.25, 0.3) is 0 Å². The zero-order valence-corrected chi connectivity index (χ0v) is 11.1. The predicted octanol–water partition coefficient (Wildman–Crippen LogP) is 3.64. The molecule has 0 saturated heterocycles. The fraction of sp³-hybridized carbons (Fsp3) is 0.214. The maximum Gasteiger partial charge on any atom is 0.335 e. The van der Waals surface area contributed by atoms with Crippen LogP contribution in [0.25, 0.3) is 0 Å². The van der Waals surface area contributed by atoms with Crippen LogP contribution in [0.15, 0.2) is 29.0 Å². The monoisotopic (exact) mass is 262 g/mol. The summed E-state index contributed by atoms with van der Waals surface area (Å²) in [7, 11) is 0. The minimum Gasteiger partial charge on any atom is -0.488 e. The SMILES string of the molecule is Cc1cc(C(=O)O)cc(C)c1OCc1ccsc1. The summed E-state index contributed by atoms with van der Waals surface area (Å²) in [5, 5.41) is 13.0. The Kier molecular flexibility index (Phi) is 3.67. The number of hydrogen-bond donors (Lipinski definition) is 1. The van der Waals surface area contributed by atoms with E-state index in [4.69, 9.17) is 9.84 Å². The molecule has 0 radical (unpaired) electrons. The molecule has 0 amide bonds. The highest BCUT2D eigenvalue weighted by Crippen LogP contribution is 2.26. The minimum absolute atomic E-state index is 0.299. The molecule has 4 heteroatoms. The van der Waals surface area contributed by atoms with Gasteiger partial charge in [0.2, 0.25) is 0 Å². The van der Waals surface area contributed by atoms with Gasteiger partial charge in [0.05, 0.1) is 5.56 Å². The number of hydrogen-bond acceptors (Lipinski definition) is 3. The molecule has 1 heterocycles. The Bertz CT molecular complexity index is 535. The first kappa shape index (κ1) is 12.6. The summed E-state index contributed by atoms with van der Waals surface area (Å²) in [6, 6.07) is 5.29. The molecule has 3 nitrogen and oxygen atoms in total. The van der Waals surface area contributed by atoms with Crippen LogP contribution in [0.2, 0.25) is 0 Å². The van der Waals surface area contributed by atoms with E-state index in [1.54, 1.807) is 23.5 Å². The topological polar surface area (TPSA) is 46.5 Å². The molecule has 94 valence electrons. The molecule has 18 heavy (non-hydrogen) atoms. The molecular weight excluding hydrogens is 248 g/mol. The third kappa shape index (κ3) is 2.71. The van der Waals surface area contributed by atoms with Gasteiger partial charge in [-0.05, 0) is 59.5 Å². The van der Waals surface area contributed by atoms with E-state index in [-0.39, 0.29) is 0 Å². The Hall–Kier alpha value is -1.81. The van der Waals surface area contributed by atoms with Crippen LogP contribution in [0.3, 0.4) is 0 Å². The predicted molar refractivity (Wildman–Crippen MR) is 71.5 cm³/mol. The molecule has 1 aromatic heterocycles. The van der Waals surface area contributed by atoms with Crippen LogP contribution in [0.4, 0.5) is 0 Å². The van der Waals surface area contributed by atoms with Crippen LogP contribution in [-0.4, -0.2) is 11.1 Å². The van der Waals surface area contributed by atoms with Crippen molar-refractivity contribution in [2.75, 3.05) is 0 Å². The van der Waals surface area contributed by atoms with E-state index in [2.05, 4.69) is 0 Å². The zero-order valence-electron chi connectivity index (χ0n) is 10.3. The van der Waals surface area contributed by atoms with Crippen LogP contribution in [-0.2, 0) is 6.61 Å². The highest BCUT2D eigenvalue weighted by Gasteiger charge is 2.10. The molecule has 0 fully saturated rings. The normalized spacial score (nSPS) is 10.3. The van der Waals surface area contributed by atoms with Crippen molar-refractivity contribution in [3.05, 3.63) is 51.2 Å². The van der Waals surface area contributed by atoms with Gasteiger partial charge < -0.3 is 9.84 Å². The smallest absolute Gasteiger partial charge is 0.335 e. The Balaban J connectivity index is 2.20. The molecule has 2 rings (SSSR count). The first-order valence-electron chi connectivity index (χ1n) is 5.56. The second-order valence-electron chi connectivity index (χ2n) is 4.16. The van der Waals surface area contributed by atoms with Gasteiger partial charge in [-0.15, -0.1) is 0 Å². The summed E-state index contributed by atoms with van der Waals surface area (Å²) in [5.74, 6) is -0.142. The van der Waals surface area contributed by atoms with E-state index < -0.39 is 5.97 Å². The zero-order chi connectivity index (χ0) is 13.1. The fourth-order valence-electron chi connectivity index (χ4n) is 1.83. The van der Waals surface area contributed by atoms with Crippen molar-refractivity contribution in [3.63, 3.8) is 0 Å². The molecule has 0 spiro atoms. The molecule has 0 aliphatic carbocycles.